The molecule has 2 nitrogen and oxygen atoms in total. The summed E-state index contributed by atoms with van der Waals surface area (Å²) in [4.78, 5) is 2.45. The predicted octanol–water partition coefficient (Wildman–Crippen LogP) is 3.98. The molecule has 0 aliphatic heterocycles. The molecule has 0 heterocycles. The molecular formula is C17H30N2. The summed E-state index contributed by atoms with van der Waals surface area (Å²) in [7, 11) is 0. The third-order valence-corrected chi connectivity index (χ3v) is 3.42. The maximum absolute atomic E-state index is 3.50. The van der Waals surface area contributed by atoms with Crippen LogP contribution >= 0.6 is 0 Å². The first-order valence-corrected chi connectivity index (χ1v) is 7.52. The van der Waals surface area contributed by atoms with E-state index in [1.165, 1.54) is 16.8 Å². The topological polar surface area (TPSA) is 15.3 Å². The Morgan fingerprint density at radius 1 is 1.16 bits per heavy atom. The van der Waals surface area contributed by atoms with Gasteiger partial charge < -0.3 is 10.2 Å². The quantitative estimate of drug-likeness (QED) is 0.799. The van der Waals surface area contributed by atoms with E-state index in [9.17, 15) is 0 Å². The molecule has 0 aliphatic carbocycles. The molecule has 1 rings (SSSR count). The van der Waals surface area contributed by atoms with Crippen LogP contribution in [0.15, 0.2) is 18.2 Å². The summed E-state index contributed by atoms with van der Waals surface area (Å²) in [6.07, 6.45) is 0. The lowest BCUT2D eigenvalue weighted by Crippen LogP contribution is -2.31. The molecule has 0 saturated carbocycles. The van der Waals surface area contributed by atoms with Crippen LogP contribution in [0, 0.1) is 12.8 Å². The monoisotopic (exact) mass is 262 g/mol. The number of aryl methyl sites for hydroxylation is 1. The number of nitrogens with zero attached hydrogens (tertiary/aromatic N) is 1. The van der Waals surface area contributed by atoms with Gasteiger partial charge in [-0.2, -0.15) is 0 Å². The van der Waals surface area contributed by atoms with Gasteiger partial charge in [0, 0.05) is 24.8 Å². The van der Waals surface area contributed by atoms with Crippen molar-refractivity contribution in [2.45, 2.75) is 54.1 Å². The maximum Gasteiger partial charge on any atom is 0.0398 e. The Labute approximate surface area is 119 Å². The van der Waals surface area contributed by atoms with E-state index in [0.29, 0.717) is 12.0 Å². The molecule has 0 spiro atoms. The number of benzene rings is 1. The van der Waals surface area contributed by atoms with Gasteiger partial charge in [-0.25, -0.2) is 0 Å². The normalized spacial score (nSPS) is 11.4. The standard InChI is InChI=1S/C17H30N2/c1-7-19(14(4)5)17-9-8-16(10-15(17)6)12-18-11-13(2)3/h8-10,13-14,18H,7,11-12H2,1-6H3. The zero-order chi connectivity index (χ0) is 14.4. The first-order valence-electron chi connectivity index (χ1n) is 7.52. The number of hydrogen-bond donors (Lipinski definition) is 1. The Morgan fingerprint density at radius 2 is 1.84 bits per heavy atom. The third kappa shape index (κ3) is 4.87. The first kappa shape index (κ1) is 16.0. The van der Waals surface area contributed by atoms with Crippen molar-refractivity contribution in [2.24, 2.45) is 5.92 Å². The van der Waals surface area contributed by atoms with E-state index in [1.807, 2.05) is 0 Å². The van der Waals surface area contributed by atoms with Gasteiger partial charge in [-0.05, 0) is 57.4 Å². The highest BCUT2D eigenvalue weighted by atomic mass is 15.1. The molecule has 0 saturated heterocycles. The Balaban J connectivity index is 2.74. The van der Waals surface area contributed by atoms with Crippen LogP contribution in [-0.2, 0) is 6.54 Å². The number of nitrogens with one attached hydrogen (secondary N) is 1. The van der Waals surface area contributed by atoms with Gasteiger partial charge in [-0.1, -0.05) is 26.0 Å². The summed E-state index contributed by atoms with van der Waals surface area (Å²) in [6, 6.07) is 7.38. The molecule has 1 aromatic carbocycles. The fourth-order valence-corrected chi connectivity index (χ4v) is 2.47. The van der Waals surface area contributed by atoms with Crippen molar-refractivity contribution >= 4 is 5.69 Å². The van der Waals surface area contributed by atoms with E-state index in [4.69, 9.17) is 0 Å². The van der Waals surface area contributed by atoms with Crippen molar-refractivity contribution < 1.29 is 0 Å². The molecule has 0 radical (unpaired) electrons. The van der Waals surface area contributed by atoms with E-state index in [2.05, 4.69) is 70.0 Å². The summed E-state index contributed by atoms with van der Waals surface area (Å²) in [5.74, 6) is 0.705. The van der Waals surface area contributed by atoms with Crippen LogP contribution in [0.4, 0.5) is 5.69 Å². The van der Waals surface area contributed by atoms with Gasteiger partial charge in [0.25, 0.3) is 0 Å². The van der Waals surface area contributed by atoms with Crippen LogP contribution in [-0.4, -0.2) is 19.1 Å². The average Bonchev–Trinajstić information content (AvgIpc) is 2.31. The van der Waals surface area contributed by atoms with E-state index < -0.39 is 0 Å². The van der Waals surface area contributed by atoms with Gasteiger partial charge >= 0.3 is 0 Å². The summed E-state index contributed by atoms with van der Waals surface area (Å²) in [6.45, 7) is 16.5. The molecule has 0 atom stereocenters. The minimum absolute atomic E-state index is 0.550. The summed E-state index contributed by atoms with van der Waals surface area (Å²) in [5, 5.41) is 3.50. The molecule has 1 aromatic rings. The van der Waals surface area contributed by atoms with Crippen LogP contribution in [0.25, 0.3) is 0 Å². The summed E-state index contributed by atoms with van der Waals surface area (Å²) in [5.41, 5.74) is 4.12. The number of anilines is 1. The third-order valence-electron chi connectivity index (χ3n) is 3.42. The zero-order valence-corrected chi connectivity index (χ0v) is 13.5. The van der Waals surface area contributed by atoms with Gasteiger partial charge in [-0.15, -0.1) is 0 Å². The van der Waals surface area contributed by atoms with Crippen molar-refractivity contribution in [3.63, 3.8) is 0 Å². The molecule has 1 N–H and O–H groups in total. The molecule has 108 valence electrons. The fourth-order valence-electron chi connectivity index (χ4n) is 2.47. The van der Waals surface area contributed by atoms with Gasteiger partial charge in [0.2, 0.25) is 0 Å². The molecule has 2 heteroatoms. The first-order chi connectivity index (χ1) is 8.95. The van der Waals surface area contributed by atoms with Gasteiger partial charge in [0.15, 0.2) is 0 Å². The lowest BCUT2D eigenvalue weighted by atomic mass is 10.1. The molecule has 0 aliphatic rings. The highest BCUT2D eigenvalue weighted by molar-refractivity contribution is 5.55. The van der Waals surface area contributed by atoms with Crippen LogP contribution in [0.5, 0.6) is 0 Å². The minimum Gasteiger partial charge on any atom is -0.369 e. The predicted molar refractivity (Wildman–Crippen MR) is 85.9 cm³/mol. The number of rotatable bonds is 7. The molecule has 0 bridgehead atoms. The Morgan fingerprint density at radius 3 is 2.32 bits per heavy atom. The molecule has 0 amide bonds. The van der Waals surface area contributed by atoms with E-state index in [1.54, 1.807) is 0 Å². The van der Waals surface area contributed by atoms with Crippen molar-refractivity contribution in [3.05, 3.63) is 29.3 Å². The summed E-state index contributed by atoms with van der Waals surface area (Å²) < 4.78 is 0. The Hall–Kier alpha value is -1.02. The molecule has 19 heavy (non-hydrogen) atoms. The van der Waals surface area contributed by atoms with Gasteiger partial charge in [-0.3, -0.25) is 0 Å². The van der Waals surface area contributed by atoms with Crippen molar-refractivity contribution in [3.8, 4) is 0 Å². The second-order valence-corrected chi connectivity index (χ2v) is 6.03. The Kier molecular flexibility index (Phi) is 6.36. The maximum atomic E-state index is 3.50. The smallest absolute Gasteiger partial charge is 0.0398 e. The van der Waals surface area contributed by atoms with Crippen molar-refractivity contribution in [2.75, 3.05) is 18.0 Å². The molecule has 0 fully saturated rings. The van der Waals surface area contributed by atoms with Gasteiger partial charge in [0.1, 0.15) is 0 Å². The second-order valence-electron chi connectivity index (χ2n) is 6.03. The van der Waals surface area contributed by atoms with Crippen LogP contribution < -0.4 is 10.2 Å². The Bertz CT molecular complexity index is 383. The molecular weight excluding hydrogens is 232 g/mol. The SMILES string of the molecule is CCN(c1ccc(CNCC(C)C)cc1C)C(C)C. The van der Waals surface area contributed by atoms with Crippen LogP contribution in [0.3, 0.4) is 0 Å². The fraction of sp³-hybridized carbons (Fsp3) is 0.647. The lowest BCUT2D eigenvalue weighted by Gasteiger charge is -2.29. The van der Waals surface area contributed by atoms with Crippen LogP contribution in [0.2, 0.25) is 0 Å². The molecule has 0 unspecified atom stereocenters. The van der Waals surface area contributed by atoms with Gasteiger partial charge in [0.05, 0.1) is 0 Å². The second kappa shape index (κ2) is 7.54. The zero-order valence-electron chi connectivity index (χ0n) is 13.5. The van der Waals surface area contributed by atoms with E-state index in [-0.39, 0.29) is 0 Å². The van der Waals surface area contributed by atoms with Crippen LogP contribution in [0.1, 0.15) is 45.7 Å². The average molecular weight is 262 g/mol. The van der Waals surface area contributed by atoms with Crippen molar-refractivity contribution in [1.82, 2.24) is 5.32 Å². The summed E-state index contributed by atoms with van der Waals surface area (Å²) >= 11 is 0. The highest BCUT2D eigenvalue weighted by Gasteiger charge is 2.10. The highest BCUT2D eigenvalue weighted by Crippen LogP contribution is 2.23. The minimum atomic E-state index is 0.550. The number of hydrogen-bond acceptors (Lipinski definition) is 2. The van der Waals surface area contributed by atoms with E-state index >= 15 is 0 Å². The van der Waals surface area contributed by atoms with E-state index in [0.717, 1.165) is 19.6 Å². The lowest BCUT2D eigenvalue weighted by molar-refractivity contribution is 0.552. The van der Waals surface area contributed by atoms with Crippen molar-refractivity contribution in [1.29, 1.82) is 0 Å². The largest absolute Gasteiger partial charge is 0.369 e. The molecule has 0 aromatic heterocycles.